The Morgan fingerprint density at radius 2 is 1.25 bits per heavy atom. The number of benzene rings is 1. The lowest BCUT2D eigenvalue weighted by molar-refractivity contribution is 0.302. The van der Waals surface area contributed by atoms with Gasteiger partial charge in [-0.25, -0.2) is 9.97 Å². The van der Waals surface area contributed by atoms with Crippen molar-refractivity contribution < 1.29 is 4.74 Å². The first-order valence-corrected chi connectivity index (χ1v) is 11.4. The van der Waals surface area contributed by atoms with Crippen LogP contribution in [0.1, 0.15) is 90.0 Å². The van der Waals surface area contributed by atoms with Gasteiger partial charge in [0.05, 0.1) is 19.0 Å². The third kappa shape index (κ3) is 8.86. The molecule has 2 rings (SSSR count). The van der Waals surface area contributed by atoms with Gasteiger partial charge >= 0.3 is 0 Å². The van der Waals surface area contributed by atoms with Crippen LogP contribution in [0.5, 0.6) is 5.75 Å². The molecule has 0 amide bonds. The van der Waals surface area contributed by atoms with Crippen LogP contribution in [-0.4, -0.2) is 16.6 Å². The van der Waals surface area contributed by atoms with Crippen molar-refractivity contribution in [3.05, 3.63) is 42.2 Å². The van der Waals surface area contributed by atoms with E-state index in [9.17, 15) is 0 Å². The maximum atomic E-state index is 5.79. The minimum Gasteiger partial charge on any atom is -0.490 e. The molecule has 0 unspecified atom stereocenters. The second kappa shape index (κ2) is 14.1. The Morgan fingerprint density at radius 3 is 1.89 bits per heavy atom. The van der Waals surface area contributed by atoms with Crippen LogP contribution in [0, 0.1) is 0 Å². The van der Waals surface area contributed by atoms with Crippen LogP contribution in [0.2, 0.25) is 0 Å². The zero-order valence-corrected chi connectivity index (χ0v) is 18.0. The lowest BCUT2D eigenvalue weighted by atomic mass is 10.1. The number of aromatic nitrogens is 2. The van der Waals surface area contributed by atoms with E-state index in [1.807, 2.05) is 0 Å². The summed E-state index contributed by atoms with van der Waals surface area (Å²) in [5.74, 6) is 1.53. The van der Waals surface area contributed by atoms with Crippen molar-refractivity contribution in [2.24, 2.45) is 0 Å². The molecule has 1 aromatic heterocycles. The summed E-state index contributed by atoms with van der Waals surface area (Å²) in [7, 11) is 0. The highest BCUT2D eigenvalue weighted by Gasteiger charge is 2.03. The lowest BCUT2D eigenvalue weighted by Crippen LogP contribution is -1.99. The van der Waals surface area contributed by atoms with E-state index >= 15 is 0 Å². The van der Waals surface area contributed by atoms with Gasteiger partial charge in [-0.05, 0) is 24.8 Å². The van der Waals surface area contributed by atoms with E-state index in [0.717, 1.165) is 36.6 Å². The number of unbranched alkanes of at least 4 members (excludes halogenated alkanes) is 9. The van der Waals surface area contributed by atoms with Crippen molar-refractivity contribution in [1.82, 2.24) is 9.97 Å². The zero-order chi connectivity index (χ0) is 19.9. The number of hydrogen-bond acceptors (Lipinski definition) is 3. The van der Waals surface area contributed by atoms with Crippen LogP contribution in [-0.2, 0) is 6.42 Å². The fraction of sp³-hybridized carbons (Fsp3) is 0.600. The Morgan fingerprint density at radius 1 is 0.679 bits per heavy atom. The summed E-state index contributed by atoms with van der Waals surface area (Å²) < 4.78 is 5.79. The third-order valence-corrected chi connectivity index (χ3v) is 5.18. The van der Waals surface area contributed by atoms with Crippen molar-refractivity contribution >= 4 is 0 Å². The van der Waals surface area contributed by atoms with Crippen LogP contribution in [0.25, 0.3) is 11.4 Å². The Bertz CT molecular complexity index is 622. The highest BCUT2D eigenvalue weighted by atomic mass is 16.5. The highest BCUT2D eigenvalue weighted by Crippen LogP contribution is 2.18. The van der Waals surface area contributed by atoms with Crippen molar-refractivity contribution in [1.29, 1.82) is 0 Å². The summed E-state index contributed by atoms with van der Waals surface area (Å²) >= 11 is 0. The molecule has 0 bridgehead atoms. The molecule has 0 fully saturated rings. The monoisotopic (exact) mass is 382 g/mol. The SMILES string of the molecule is CCCCCCCCCCOc1cnc(-c2ccc(CCCCC)cc2)nc1. The Kier molecular flexibility index (Phi) is 11.3. The standard InChI is InChI=1S/C25H38N2O/c1-3-5-7-8-9-10-11-13-19-28-24-20-26-25(27-21-24)23-17-15-22(16-18-23)14-12-6-4-2/h15-18,20-21H,3-14,19H2,1-2H3. The molecule has 0 N–H and O–H groups in total. The first-order chi connectivity index (χ1) is 13.8. The highest BCUT2D eigenvalue weighted by molar-refractivity contribution is 5.55. The largest absolute Gasteiger partial charge is 0.490 e. The van der Waals surface area contributed by atoms with Crippen LogP contribution < -0.4 is 4.74 Å². The average molecular weight is 383 g/mol. The van der Waals surface area contributed by atoms with Gasteiger partial charge in [-0.3, -0.25) is 0 Å². The Labute approximate surface area is 172 Å². The summed E-state index contributed by atoms with van der Waals surface area (Å²) in [6.07, 6.45) is 19.0. The maximum absolute atomic E-state index is 5.79. The van der Waals surface area contributed by atoms with Crippen molar-refractivity contribution in [2.45, 2.75) is 90.9 Å². The molecule has 3 nitrogen and oxygen atoms in total. The molecule has 0 saturated carbocycles. The topological polar surface area (TPSA) is 35.0 Å². The van der Waals surface area contributed by atoms with Gasteiger partial charge in [0, 0.05) is 5.56 Å². The van der Waals surface area contributed by atoms with E-state index in [2.05, 4.69) is 48.1 Å². The smallest absolute Gasteiger partial charge is 0.159 e. The van der Waals surface area contributed by atoms with E-state index in [1.165, 1.54) is 69.8 Å². The molecule has 0 aliphatic heterocycles. The van der Waals surface area contributed by atoms with E-state index in [-0.39, 0.29) is 0 Å². The summed E-state index contributed by atoms with van der Waals surface area (Å²) in [4.78, 5) is 8.95. The minimum absolute atomic E-state index is 0.754. The number of aryl methyl sites for hydroxylation is 1. The first-order valence-electron chi connectivity index (χ1n) is 11.4. The van der Waals surface area contributed by atoms with Gasteiger partial charge in [0.2, 0.25) is 0 Å². The lowest BCUT2D eigenvalue weighted by Gasteiger charge is -2.07. The van der Waals surface area contributed by atoms with Crippen molar-refractivity contribution in [2.75, 3.05) is 6.61 Å². The van der Waals surface area contributed by atoms with Crippen LogP contribution in [0.3, 0.4) is 0 Å². The molecule has 0 aliphatic rings. The van der Waals surface area contributed by atoms with Gasteiger partial charge < -0.3 is 4.74 Å². The number of rotatable bonds is 15. The molecule has 0 aliphatic carbocycles. The van der Waals surface area contributed by atoms with Crippen LogP contribution >= 0.6 is 0 Å². The third-order valence-electron chi connectivity index (χ3n) is 5.18. The molecule has 3 heteroatoms. The molecule has 28 heavy (non-hydrogen) atoms. The Balaban J connectivity index is 1.66. The van der Waals surface area contributed by atoms with Gasteiger partial charge in [0.1, 0.15) is 0 Å². The van der Waals surface area contributed by atoms with Gasteiger partial charge in [-0.15, -0.1) is 0 Å². The minimum atomic E-state index is 0.754. The van der Waals surface area contributed by atoms with Gasteiger partial charge in [0.15, 0.2) is 11.6 Å². The van der Waals surface area contributed by atoms with Gasteiger partial charge in [0.25, 0.3) is 0 Å². The van der Waals surface area contributed by atoms with E-state index < -0.39 is 0 Å². The molecule has 0 atom stereocenters. The molecule has 154 valence electrons. The Hall–Kier alpha value is -1.90. The second-order valence-corrected chi connectivity index (χ2v) is 7.72. The van der Waals surface area contributed by atoms with E-state index in [0.29, 0.717) is 0 Å². The summed E-state index contributed by atoms with van der Waals surface area (Å²) in [5, 5.41) is 0. The predicted molar refractivity (Wildman–Crippen MR) is 119 cm³/mol. The molecule has 2 aromatic rings. The van der Waals surface area contributed by atoms with Gasteiger partial charge in [-0.2, -0.15) is 0 Å². The average Bonchev–Trinajstić information content (AvgIpc) is 2.74. The van der Waals surface area contributed by atoms with Gasteiger partial charge in [-0.1, -0.05) is 95.9 Å². The summed E-state index contributed by atoms with van der Waals surface area (Å²) in [6.45, 7) is 5.26. The maximum Gasteiger partial charge on any atom is 0.159 e. The molecule has 1 aromatic carbocycles. The fourth-order valence-electron chi connectivity index (χ4n) is 3.37. The summed E-state index contributed by atoms with van der Waals surface area (Å²) in [6, 6.07) is 8.64. The first kappa shape index (κ1) is 22.4. The molecule has 0 saturated heterocycles. The molecular weight excluding hydrogens is 344 g/mol. The van der Waals surface area contributed by atoms with Crippen molar-refractivity contribution in [3.63, 3.8) is 0 Å². The second-order valence-electron chi connectivity index (χ2n) is 7.72. The molecular formula is C25H38N2O. The van der Waals surface area contributed by atoms with E-state index in [1.54, 1.807) is 12.4 Å². The molecule has 1 heterocycles. The fourth-order valence-corrected chi connectivity index (χ4v) is 3.37. The zero-order valence-electron chi connectivity index (χ0n) is 18.0. The summed E-state index contributed by atoms with van der Waals surface area (Å²) in [5.41, 5.74) is 2.45. The normalized spacial score (nSPS) is 10.9. The quantitative estimate of drug-likeness (QED) is 0.301. The van der Waals surface area contributed by atoms with Crippen molar-refractivity contribution in [3.8, 4) is 17.1 Å². The predicted octanol–water partition coefficient (Wildman–Crippen LogP) is 7.40. The number of hydrogen-bond donors (Lipinski definition) is 0. The van der Waals surface area contributed by atoms with Crippen LogP contribution in [0.4, 0.5) is 0 Å². The molecule has 0 radical (unpaired) electrons. The number of ether oxygens (including phenoxy) is 1. The number of nitrogens with zero attached hydrogens (tertiary/aromatic N) is 2. The van der Waals surface area contributed by atoms with Crippen LogP contribution in [0.15, 0.2) is 36.7 Å². The molecule has 0 spiro atoms. The van der Waals surface area contributed by atoms with E-state index in [4.69, 9.17) is 4.74 Å².